The number of aryl methyl sites for hydroxylation is 1. The fourth-order valence-electron chi connectivity index (χ4n) is 2.59. The maximum absolute atomic E-state index is 12.0. The molecule has 0 atom stereocenters. The zero-order chi connectivity index (χ0) is 14.7. The van der Waals surface area contributed by atoms with Crippen molar-refractivity contribution < 1.29 is 4.79 Å². The van der Waals surface area contributed by atoms with Crippen molar-refractivity contribution in [3.63, 3.8) is 0 Å². The molecular weight excluding hydrogens is 288 g/mol. The Morgan fingerprint density at radius 3 is 3.00 bits per heavy atom. The maximum atomic E-state index is 12.0. The van der Waals surface area contributed by atoms with Gasteiger partial charge in [0.05, 0.1) is 5.75 Å². The average molecular weight is 306 g/mol. The van der Waals surface area contributed by atoms with Gasteiger partial charge in [-0.05, 0) is 12.8 Å². The third-order valence-corrected chi connectivity index (χ3v) is 4.64. The van der Waals surface area contributed by atoms with Crippen molar-refractivity contribution in [1.82, 2.24) is 30.3 Å². The molecule has 1 aliphatic carbocycles. The monoisotopic (exact) mass is 306 g/mol. The van der Waals surface area contributed by atoms with E-state index in [2.05, 4.69) is 25.6 Å². The molecule has 0 aromatic carbocycles. The fraction of sp³-hybridized carbons (Fsp3) is 0.615. The summed E-state index contributed by atoms with van der Waals surface area (Å²) < 4.78 is 1.60. The van der Waals surface area contributed by atoms with Gasteiger partial charge in [0.1, 0.15) is 11.4 Å². The van der Waals surface area contributed by atoms with Crippen molar-refractivity contribution >= 4 is 28.8 Å². The summed E-state index contributed by atoms with van der Waals surface area (Å²) in [6.45, 7) is 0. The minimum Gasteiger partial charge on any atom is -0.353 e. The Morgan fingerprint density at radius 1 is 1.38 bits per heavy atom. The maximum Gasteiger partial charge on any atom is 0.230 e. The van der Waals surface area contributed by atoms with Gasteiger partial charge in [0.2, 0.25) is 5.91 Å². The molecule has 112 valence electrons. The zero-order valence-electron chi connectivity index (χ0n) is 11.9. The topological polar surface area (TPSA) is 85.6 Å². The second kappa shape index (κ2) is 6.38. The molecule has 8 heteroatoms. The van der Waals surface area contributed by atoms with Gasteiger partial charge in [-0.25, -0.2) is 14.6 Å². The number of thioether (sulfide) groups is 1. The molecule has 7 nitrogen and oxygen atoms in total. The van der Waals surface area contributed by atoms with Crippen LogP contribution in [0.2, 0.25) is 0 Å². The number of carbonyl (C=O) groups excluding carboxylic acids is 1. The van der Waals surface area contributed by atoms with Crippen LogP contribution in [0.1, 0.15) is 32.1 Å². The lowest BCUT2D eigenvalue weighted by molar-refractivity contribution is -0.119. The van der Waals surface area contributed by atoms with Gasteiger partial charge < -0.3 is 5.32 Å². The quantitative estimate of drug-likeness (QED) is 0.677. The molecule has 0 bridgehead atoms. The molecule has 21 heavy (non-hydrogen) atoms. The standard InChI is InChI=1S/C13H18N6OS/c1-19-12-11(17-18-19)13(15-8-14-12)21-7-10(20)16-9-5-3-2-4-6-9/h8-9H,2-7H2,1H3,(H,16,20). The molecule has 2 aromatic heterocycles. The highest BCUT2D eigenvalue weighted by Crippen LogP contribution is 2.22. The molecule has 1 aliphatic rings. The molecule has 2 heterocycles. The third-order valence-electron chi connectivity index (χ3n) is 3.67. The van der Waals surface area contributed by atoms with Crippen LogP contribution >= 0.6 is 11.8 Å². The molecule has 1 fully saturated rings. The Balaban J connectivity index is 1.59. The molecule has 1 amide bonds. The second-order valence-electron chi connectivity index (χ2n) is 5.26. The molecular formula is C13H18N6OS. The number of carbonyl (C=O) groups is 1. The summed E-state index contributed by atoms with van der Waals surface area (Å²) >= 11 is 1.38. The first-order valence-electron chi connectivity index (χ1n) is 7.16. The van der Waals surface area contributed by atoms with Crippen LogP contribution in [0.5, 0.6) is 0 Å². The van der Waals surface area contributed by atoms with Gasteiger partial charge in [0, 0.05) is 13.1 Å². The number of amides is 1. The van der Waals surface area contributed by atoms with Gasteiger partial charge in [0.15, 0.2) is 11.2 Å². The minimum atomic E-state index is 0.0579. The van der Waals surface area contributed by atoms with E-state index in [-0.39, 0.29) is 5.91 Å². The number of hydrogen-bond acceptors (Lipinski definition) is 6. The Hall–Kier alpha value is -1.70. The van der Waals surface area contributed by atoms with Gasteiger partial charge in [-0.1, -0.05) is 36.2 Å². The summed E-state index contributed by atoms with van der Waals surface area (Å²) in [6.07, 6.45) is 7.38. The van der Waals surface area contributed by atoms with Gasteiger partial charge in [0.25, 0.3) is 0 Å². The van der Waals surface area contributed by atoms with Crippen LogP contribution < -0.4 is 5.32 Å². The van der Waals surface area contributed by atoms with E-state index in [1.165, 1.54) is 37.4 Å². The molecule has 1 N–H and O–H groups in total. The lowest BCUT2D eigenvalue weighted by atomic mass is 9.95. The van der Waals surface area contributed by atoms with Crippen molar-refractivity contribution in [2.75, 3.05) is 5.75 Å². The smallest absolute Gasteiger partial charge is 0.230 e. The SMILES string of the molecule is Cn1nnc2c(SCC(=O)NC3CCCCC3)ncnc21. The minimum absolute atomic E-state index is 0.0579. The van der Waals surface area contributed by atoms with E-state index in [0.29, 0.717) is 28.0 Å². The van der Waals surface area contributed by atoms with E-state index < -0.39 is 0 Å². The Labute approximate surface area is 126 Å². The molecule has 3 rings (SSSR count). The second-order valence-corrected chi connectivity index (χ2v) is 6.22. The van der Waals surface area contributed by atoms with Crippen LogP contribution in [0.4, 0.5) is 0 Å². The lowest BCUT2D eigenvalue weighted by Gasteiger charge is -2.22. The number of fused-ring (bicyclic) bond motifs is 1. The first-order valence-corrected chi connectivity index (χ1v) is 8.15. The zero-order valence-corrected chi connectivity index (χ0v) is 12.8. The van der Waals surface area contributed by atoms with Crippen LogP contribution in [-0.4, -0.2) is 42.7 Å². The molecule has 0 aliphatic heterocycles. The molecule has 1 saturated carbocycles. The van der Waals surface area contributed by atoms with Crippen LogP contribution in [-0.2, 0) is 11.8 Å². The number of aromatic nitrogens is 5. The fourth-order valence-corrected chi connectivity index (χ4v) is 3.33. The van der Waals surface area contributed by atoms with E-state index in [4.69, 9.17) is 0 Å². The van der Waals surface area contributed by atoms with Gasteiger partial charge in [-0.2, -0.15) is 0 Å². The average Bonchev–Trinajstić information content (AvgIpc) is 2.88. The van der Waals surface area contributed by atoms with Crippen LogP contribution in [0, 0.1) is 0 Å². The van der Waals surface area contributed by atoms with E-state index >= 15 is 0 Å². The number of rotatable bonds is 4. The van der Waals surface area contributed by atoms with Gasteiger partial charge >= 0.3 is 0 Å². The van der Waals surface area contributed by atoms with Crippen molar-refractivity contribution in [2.45, 2.75) is 43.2 Å². The summed E-state index contributed by atoms with van der Waals surface area (Å²) in [6, 6.07) is 0.341. The highest BCUT2D eigenvalue weighted by Gasteiger charge is 2.17. The predicted octanol–water partition coefficient (Wildman–Crippen LogP) is 1.30. The largest absolute Gasteiger partial charge is 0.353 e. The van der Waals surface area contributed by atoms with Crippen molar-refractivity contribution in [1.29, 1.82) is 0 Å². The highest BCUT2D eigenvalue weighted by molar-refractivity contribution is 8.00. The Bertz CT molecular complexity index is 637. The third kappa shape index (κ3) is 3.31. The summed E-state index contributed by atoms with van der Waals surface area (Å²) in [7, 11) is 1.78. The van der Waals surface area contributed by atoms with Crippen LogP contribution in [0.15, 0.2) is 11.4 Å². The molecule has 2 aromatic rings. The molecule has 0 radical (unpaired) electrons. The summed E-state index contributed by atoms with van der Waals surface area (Å²) in [5, 5.41) is 11.8. The normalized spacial score (nSPS) is 16.2. The predicted molar refractivity (Wildman–Crippen MR) is 79.8 cm³/mol. The van der Waals surface area contributed by atoms with E-state index in [9.17, 15) is 4.79 Å². The number of hydrogen-bond donors (Lipinski definition) is 1. The summed E-state index contributed by atoms with van der Waals surface area (Å²) in [5.41, 5.74) is 1.33. The van der Waals surface area contributed by atoms with Gasteiger partial charge in [-0.3, -0.25) is 4.79 Å². The van der Waals surface area contributed by atoms with E-state index in [0.717, 1.165) is 12.8 Å². The summed E-state index contributed by atoms with van der Waals surface area (Å²) in [4.78, 5) is 20.3. The molecule has 0 unspecified atom stereocenters. The molecule has 0 saturated heterocycles. The molecule has 0 spiro atoms. The van der Waals surface area contributed by atoms with E-state index in [1.54, 1.807) is 11.7 Å². The number of nitrogens with zero attached hydrogens (tertiary/aromatic N) is 5. The first kappa shape index (κ1) is 14.2. The van der Waals surface area contributed by atoms with E-state index in [1.807, 2.05) is 0 Å². The Kier molecular flexibility index (Phi) is 4.33. The van der Waals surface area contributed by atoms with Crippen molar-refractivity contribution in [2.24, 2.45) is 7.05 Å². The van der Waals surface area contributed by atoms with Crippen molar-refractivity contribution in [3.05, 3.63) is 6.33 Å². The van der Waals surface area contributed by atoms with Crippen LogP contribution in [0.3, 0.4) is 0 Å². The summed E-state index contributed by atoms with van der Waals surface area (Å²) in [5.74, 6) is 0.404. The highest BCUT2D eigenvalue weighted by atomic mass is 32.2. The Morgan fingerprint density at radius 2 is 2.19 bits per heavy atom. The lowest BCUT2D eigenvalue weighted by Crippen LogP contribution is -2.37. The van der Waals surface area contributed by atoms with Crippen LogP contribution in [0.25, 0.3) is 11.2 Å². The van der Waals surface area contributed by atoms with Crippen molar-refractivity contribution in [3.8, 4) is 0 Å². The van der Waals surface area contributed by atoms with Gasteiger partial charge in [-0.15, -0.1) is 5.10 Å². The first-order chi connectivity index (χ1) is 10.2. The number of nitrogens with one attached hydrogen (secondary N) is 1.